The highest BCUT2D eigenvalue weighted by Crippen LogP contribution is 2.26. The fourth-order valence-corrected chi connectivity index (χ4v) is 3.88. The fourth-order valence-electron chi connectivity index (χ4n) is 3.88. The molecule has 4 N–H and O–H groups in total. The summed E-state index contributed by atoms with van der Waals surface area (Å²) in [6, 6.07) is 2.33. The van der Waals surface area contributed by atoms with Crippen LogP contribution in [0, 0.1) is 0 Å². The molecule has 31 heavy (non-hydrogen) atoms. The number of phenols is 2. The van der Waals surface area contributed by atoms with Crippen molar-refractivity contribution in [2.75, 3.05) is 19.6 Å². The summed E-state index contributed by atoms with van der Waals surface area (Å²) in [5.74, 6) is -2.16. The molecule has 0 aromatic heterocycles. The number of carbonyl (C=O) groups is 3. The van der Waals surface area contributed by atoms with E-state index in [1.165, 1.54) is 34.9 Å². The SMILES string of the molecule is CC(NC(=O)C(O)Cc1ccc(O)c(O)c1)C(=O)N1CCC1C(=O)N1CCCC(F)C1. The number of hydrogen-bond donors (Lipinski definition) is 4. The molecule has 2 saturated heterocycles. The molecule has 0 spiro atoms. The lowest BCUT2D eigenvalue weighted by Crippen LogP contribution is -2.63. The maximum atomic E-state index is 13.6. The van der Waals surface area contributed by atoms with Crippen molar-refractivity contribution in [3.63, 3.8) is 0 Å². The Morgan fingerprint density at radius 2 is 1.94 bits per heavy atom. The number of likely N-dealkylation sites (tertiary alicyclic amines) is 2. The van der Waals surface area contributed by atoms with E-state index < -0.39 is 36.2 Å². The molecule has 4 unspecified atom stereocenters. The van der Waals surface area contributed by atoms with Gasteiger partial charge in [0.15, 0.2) is 11.5 Å². The average Bonchev–Trinajstić information content (AvgIpc) is 2.69. The van der Waals surface area contributed by atoms with Crippen molar-refractivity contribution in [2.45, 2.75) is 57.0 Å². The fraction of sp³-hybridized carbons (Fsp3) is 0.571. The van der Waals surface area contributed by atoms with Crippen molar-refractivity contribution in [1.82, 2.24) is 15.1 Å². The van der Waals surface area contributed by atoms with E-state index in [1.807, 2.05) is 0 Å². The second-order valence-electron chi connectivity index (χ2n) is 8.13. The number of phenolic OH excluding ortho intramolecular Hbond substituents is 2. The van der Waals surface area contributed by atoms with Gasteiger partial charge in [-0.15, -0.1) is 0 Å². The smallest absolute Gasteiger partial charge is 0.249 e. The Hall–Kier alpha value is -2.88. The van der Waals surface area contributed by atoms with E-state index in [2.05, 4.69) is 5.32 Å². The topological polar surface area (TPSA) is 130 Å². The molecule has 2 heterocycles. The van der Waals surface area contributed by atoms with E-state index in [0.717, 1.165) is 0 Å². The molecular formula is C21H28FN3O6. The van der Waals surface area contributed by atoms with Crippen LogP contribution in [0.5, 0.6) is 11.5 Å². The summed E-state index contributed by atoms with van der Waals surface area (Å²) < 4.78 is 13.6. The molecule has 170 valence electrons. The first kappa shape index (κ1) is 22.8. The van der Waals surface area contributed by atoms with Crippen molar-refractivity contribution in [1.29, 1.82) is 0 Å². The quantitative estimate of drug-likeness (QED) is 0.466. The Balaban J connectivity index is 1.52. The second kappa shape index (κ2) is 9.51. The Morgan fingerprint density at radius 1 is 1.19 bits per heavy atom. The zero-order valence-corrected chi connectivity index (χ0v) is 17.3. The highest BCUT2D eigenvalue weighted by atomic mass is 19.1. The van der Waals surface area contributed by atoms with Crippen LogP contribution in [0.4, 0.5) is 4.39 Å². The number of benzene rings is 1. The van der Waals surface area contributed by atoms with Gasteiger partial charge in [-0.3, -0.25) is 14.4 Å². The first-order valence-corrected chi connectivity index (χ1v) is 10.4. The molecule has 3 rings (SSSR count). The molecule has 0 saturated carbocycles. The van der Waals surface area contributed by atoms with Crippen LogP contribution < -0.4 is 5.32 Å². The van der Waals surface area contributed by atoms with E-state index in [4.69, 9.17) is 0 Å². The molecule has 0 radical (unpaired) electrons. The summed E-state index contributed by atoms with van der Waals surface area (Å²) in [4.78, 5) is 40.5. The van der Waals surface area contributed by atoms with Gasteiger partial charge in [-0.2, -0.15) is 0 Å². The van der Waals surface area contributed by atoms with Crippen LogP contribution in [-0.4, -0.2) is 86.8 Å². The molecule has 1 aromatic rings. The summed E-state index contributed by atoms with van der Waals surface area (Å²) in [6.07, 6.45) is -1.11. The lowest BCUT2D eigenvalue weighted by molar-refractivity contribution is -0.155. The minimum Gasteiger partial charge on any atom is -0.504 e. The average molecular weight is 437 g/mol. The van der Waals surface area contributed by atoms with E-state index in [9.17, 15) is 34.1 Å². The monoisotopic (exact) mass is 437 g/mol. The summed E-state index contributed by atoms with van der Waals surface area (Å²) in [7, 11) is 0. The molecule has 10 heteroatoms. The highest BCUT2D eigenvalue weighted by Gasteiger charge is 2.42. The van der Waals surface area contributed by atoms with Gasteiger partial charge in [0, 0.05) is 19.5 Å². The van der Waals surface area contributed by atoms with Gasteiger partial charge in [-0.25, -0.2) is 4.39 Å². The van der Waals surface area contributed by atoms with Crippen LogP contribution >= 0.6 is 0 Å². The van der Waals surface area contributed by atoms with Crippen LogP contribution in [0.15, 0.2) is 18.2 Å². The van der Waals surface area contributed by atoms with Gasteiger partial charge in [0.1, 0.15) is 24.4 Å². The molecule has 4 atom stereocenters. The van der Waals surface area contributed by atoms with Crippen LogP contribution in [0.3, 0.4) is 0 Å². The number of halogens is 1. The molecule has 1 aromatic carbocycles. The predicted octanol–water partition coefficient (Wildman–Crippen LogP) is 0.0673. The number of nitrogens with zero attached hydrogens (tertiary/aromatic N) is 2. The molecule has 0 aliphatic carbocycles. The van der Waals surface area contributed by atoms with Crippen LogP contribution in [0.25, 0.3) is 0 Å². The zero-order valence-electron chi connectivity index (χ0n) is 17.3. The third-order valence-corrected chi connectivity index (χ3v) is 5.76. The van der Waals surface area contributed by atoms with Crippen molar-refractivity contribution in [3.8, 4) is 11.5 Å². The summed E-state index contributed by atoms with van der Waals surface area (Å²) in [5, 5.41) is 31.4. The van der Waals surface area contributed by atoms with Gasteiger partial charge < -0.3 is 30.4 Å². The Labute approximate surface area is 179 Å². The molecule has 2 fully saturated rings. The van der Waals surface area contributed by atoms with Crippen LogP contribution in [0.2, 0.25) is 0 Å². The number of amides is 3. The first-order valence-electron chi connectivity index (χ1n) is 10.4. The number of aliphatic hydroxyl groups excluding tert-OH is 1. The summed E-state index contributed by atoms with van der Waals surface area (Å²) in [5.41, 5.74) is 0.429. The van der Waals surface area contributed by atoms with E-state index >= 15 is 0 Å². The number of hydrogen-bond acceptors (Lipinski definition) is 6. The van der Waals surface area contributed by atoms with Gasteiger partial charge in [0.05, 0.1) is 6.54 Å². The Kier molecular flexibility index (Phi) is 6.99. The molecule has 3 amide bonds. The second-order valence-corrected chi connectivity index (χ2v) is 8.13. The van der Waals surface area contributed by atoms with Crippen LogP contribution in [-0.2, 0) is 20.8 Å². The molecule has 2 aliphatic heterocycles. The van der Waals surface area contributed by atoms with Crippen molar-refractivity contribution >= 4 is 17.7 Å². The van der Waals surface area contributed by atoms with Gasteiger partial charge in [-0.05, 0) is 43.9 Å². The number of piperidine rings is 1. The largest absolute Gasteiger partial charge is 0.504 e. The number of rotatable bonds is 6. The maximum Gasteiger partial charge on any atom is 0.249 e. The van der Waals surface area contributed by atoms with E-state index in [1.54, 1.807) is 0 Å². The van der Waals surface area contributed by atoms with Gasteiger partial charge in [-0.1, -0.05) is 6.07 Å². The third kappa shape index (κ3) is 5.25. The summed E-state index contributed by atoms with van der Waals surface area (Å²) >= 11 is 0. The van der Waals surface area contributed by atoms with Gasteiger partial charge in [0.2, 0.25) is 17.7 Å². The Morgan fingerprint density at radius 3 is 2.55 bits per heavy atom. The lowest BCUT2D eigenvalue weighted by Gasteiger charge is -2.44. The number of aliphatic hydroxyl groups is 1. The Bertz CT molecular complexity index is 850. The first-order chi connectivity index (χ1) is 14.7. The third-order valence-electron chi connectivity index (χ3n) is 5.76. The predicted molar refractivity (Wildman–Crippen MR) is 108 cm³/mol. The number of alkyl halides is 1. The molecular weight excluding hydrogens is 409 g/mol. The maximum absolute atomic E-state index is 13.6. The van der Waals surface area contributed by atoms with Crippen molar-refractivity contribution < 1.29 is 34.1 Å². The molecule has 9 nitrogen and oxygen atoms in total. The molecule has 0 bridgehead atoms. The summed E-state index contributed by atoms with van der Waals surface area (Å²) in [6.45, 7) is 2.36. The van der Waals surface area contributed by atoms with Gasteiger partial charge in [0.25, 0.3) is 0 Å². The van der Waals surface area contributed by atoms with Crippen molar-refractivity contribution in [3.05, 3.63) is 23.8 Å². The van der Waals surface area contributed by atoms with Crippen LogP contribution in [0.1, 0.15) is 31.7 Å². The van der Waals surface area contributed by atoms with Gasteiger partial charge >= 0.3 is 0 Å². The standard InChI is InChI=1S/C21H28FN3O6/c1-12(23-19(29)18(28)10-13-4-5-16(26)17(27)9-13)20(30)25-8-6-15(25)21(31)24-7-2-3-14(22)11-24/h4-5,9,12,14-15,18,26-28H,2-3,6-8,10-11H2,1H3,(H,23,29). The normalized spacial score (nSPS) is 22.9. The minimum absolute atomic E-state index is 0.0443. The minimum atomic E-state index is -1.47. The number of nitrogens with one attached hydrogen (secondary N) is 1. The molecule has 2 aliphatic rings. The number of carbonyl (C=O) groups excluding carboxylic acids is 3. The zero-order chi connectivity index (χ0) is 22.7. The van der Waals surface area contributed by atoms with Crippen molar-refractivity contribution in [2.24, 2.45) is 0 Å². The number of aromatic hydroxyl groups is 2. The van der Waals surface area contributed by atoms with E-state index in [-0.39, 0.29) is 30.4 Å². The van der Waals surface area contributed by atoms with E-state index in [0.29, 0.717) is 37.9 Å². The lowest BCUT2D eigenvalue weighted by atomic mass is 9.98. The highest BCUT2D eigenvalue weighted by molar-refractivity contribution is 5.93.